The van der Waals surface area contributed by atoms with E-state index in [4.69, 9.17) is 4.74 Å². The topological polar surface area (TPSA) is 88.8 Å². The average Bonchev–Trinajstić information content (AvgIpc) is 3.21. The second-order valence-electron chi connectivity index (χ2n) is 8.83. The second-order valence-corrected chi connectivity index (χ2v) is 10.8. The third kappa shape index (κ3) is 4.84. The maximum Gasteiger partial charge on any atom is 0.323 e. The molecule has 1 N–H and O–H groups in total. The molecular formula is C27H25FN2O5S. The summed E-state index contributed by atoms with van der Waals surface area (Å²) in [6.45, 7) is 0.408. The Morgan fingerprint density at radius 1 is 0.972 bits per heavy atom. The molecule has 5 rings (SSSR count). The number of sulfonamides is 1. The fourth-order valence-electron chi connectivity index (χ4n) is 4.76. The predicted octanol–water partition coefficient (Wildman–Crippen LogP) is 5.23. The maximum atomic E-state index is 14.0. The van der Waals surface area contributed by atoms with Crippen molar-refractivity contribution in [2.45, 2.75) is 30.2 Å². The molecule has 0 unspecified atom stereocenters. The van der Waals surface area contributed by atoms with Crippen LogP contribution in [-0.2, 0) is 21.4 Å². The molecule has 1 fully saturated rings. The van der Waals surface area contributed by atoms with Gasteiger partial charge in [-0.3, -0.25) is 4.79 Å². The summed E-state index contributed by atoms with van der Waals surface area (Å²) in [6, 6.07) is 19.9. The van der Waals surface area contributed by atoms with Crippen molar-refractivity contribution >= 4 is 26.9 Å². The number of hydrogen-bond acceptors (Lipinski definition) is 4. The first-order valence-corrected chi connectivity index (χ1v) is 13.1. The predicted molar refractivity (Wildman–Crippen MR) is 133 cm³/mol. The van der Waals surface area contributed by atoms with Gasteiger partial charge in [0.2, 0.25) is 10.0 Å². The second kappa shape index (κ2) is 9.75. The fraction of sp³-hybridized carbons (Fsp3) is 0.222. The number of benzene rings is 3. The molecule has 0 aliphatic carbocycles. The zero-order valence-electron chi connectivity index (χ0n) is 19.4. The molecule has 3 aromatic carbocycles. The molecule has 0 bridgehead atoms. The van der Waals surface area contributed by atoms with Crippen molar-refractivity contribution in [1.29, 1.82) is 0 Å². The Morgan fingerprint density at radius 3 is 2.31 bits per heavy atom. The molecule has 1 aliphatic heterocycles. The summed E-state index contributed by atoms with van der Waals surface area (Å²) in [5, 5.41) is 9.92. The van der Waals surface area contributed by atoms with Gasteiger partial charge in [-0.1, -0.05) is 18.2 Å². The number of carbonyl (C=O) groups is 1. The monoisotopic (exact) mass is 508 g/mol. The summed E-state index contributed by atoms with van der Waals surface area (Å²) in [5.74, 6) is -0.165. The van der Waals surface area contributed by atoms with Gasteiger partial charge < -0.3 is 14.4 Å². The van der Waals surface area contributed by atoms with Crippen LogP contribution in [0.15, 0.2) is 83.9 Å². The number of fused-ring (bicyclic) bond motifs is 1. The molecule has 7 nitrogen and oxygen atoms in total. The normalized spacial score (nSPS) is 15.2. The lowest BCUT2D eigenvalue weighted by Crippen LogP contribution is -2.37. The van der Waals surface area contributed by atoms with Crippen LogP contribution < -0.4 is 4.74 Å². The molecule has 186 valence electrons. The zero-order valence-corrected chi connectivity index (χ0v) is 20.2. The van der Waals surface area contributed by atoms with Gasteiger partial charge in [0.1, 0.15) is 23.9 Å². The molecule has 36 heavy (non-hydrogen) atoms. The number of ether oxygens (including phenoxy) is 1. The molecule has 1 aromatic heterocycles. The summed E-state index contributed by atoms with van der Waals surface area (Å²) in [7, 11) is -3.68. The van der Waals surface area contributed by atoms with Crippen molar-refractivity contribution in [2.75, 3.05) is 13.1 Å². The highest BCUT2D eigenvalue weighted by atomic mass is 32.2. The molecular weight excluding hydrogens is 483 g/mol. The van der Waals surface area contributed by atoms with Crippen LogP contribution in [-0.4, -0.2) is 41.5 Å². The lowest BCUT2D eigenvalue weighted by Gasteiger charge is -2.31. The molecule has 1 aliphatic rings. The molecule has 2 heterocycles. The Kier molecular flexibility index (Phi) is 6.51. The molecule has 9 heteroatoms. The van der Waals surface area contributed by atoms with E-state index in [1.165, 1.54) is 16.4 Å². The number of carboxylic acids is 1. The van der Waals surface area contributed by atoms with Gasteiger partial charge in [0.25, 0.3) is 0 Å². The number of carboxylic acid groups (broad SMARTS) is 1. The van der Waals surface area contributed by atoms with Crippen LogP contribution in [0.1, 0.15) is 24.3 Å². The number of nitrogens with zero attached hydrogens (tertiary/aromatic N) is 2. The molecule has 0 amide bonds. The molecule has 0 radical (unpaired) electrons. The minimum absolute atomic E-state index is 0.00237. The van der Waals surface area contributed by atoms with E-state index in [1.54, 1.807) is 41.1 Å². The molecule has 0 atom stereocenters. The maximum absolute atomic E-state index is 14.0. The molecule has 0 spiro atoms. The van der Waals surface area contributed by atoms with Crippen LogP contribution >= 0.6 is 0 Å². The van der Waals surface area contributed by atoms with Gasteiger partial charge in [0.05, 0.1) is 4.90 Å². The Labute approximate surface area is 208 Å². The summed E-state index contributed by atoms with van der Waals surface area (Å²) in [6.07, 6.45) is 2.87. The number of piperidine rings is 1. The quantitative estimate of drug-likeness (QED) is 0.370. The van der Waals surface area contributed by atoms with Crippen molar-refractivity contribution in [3.63, 3.8) is 0 Å². The number of hydrogen-bond donors (Lipinski definition) is 1. The SMILES string of the molecule is O=C(O)Cn1cc(C2CCN(S(=O)(=O)c3ccc(Oc4ccccc4)cc3)CC2)c2cc(F)ccc21. The zero-order chi connectivity index (χ0) is 25.3. The minimum Gasteiger partial charge on any atom is -0.480 e. The van der Waals surface area contributed by atoms with Crippen LogP contribution in [0, 0.1) is 5.82 Å². The van der Waals surface area contributed by atoms with Gasteiger partial charge in [-0.05, 0) is 78.9 Å². The molecule has 0 saturated carbocycles. The fourth-order valence-corrected chi connectivity index (χ4v) is 6.23. The summed E-state index contributed by atoms with van der Waals surface area (Å²) in [5.41, 5.74) is 1.51. The van der Waals surface area contributed by atoms with Gasteiger partial charge in [-0.25, -0.2) is 12.8 Å². The van der Waals surface area contributed by atoms with Crippen molar-refractivity contribution in [2.24, 2.45) is 0 Å². The minimum atomic E-state index is -3.68. The first-order chi connectivity index (χ1) is 17.3. The third-order valence-corrected chi connectivity index (χ3v) is 8.43. The standard InChI is InChI=1S/C27H25FN2O5S/c28-20-6-11-26-24(16-20)25(17-29(26)18-27(31)32)19-12-14-30(15-13-19)36(33,34)23-9-7-22(8-10-23)35-21-4-2-1-3-5-21/h1-11,16-17,19H,12-15,18H2,(H,31,32). The Balaban J connectivity index is 1.31. The van der Waals surface area contributed by atoms with Crippen LogP contribution in [0.2, 0.25) is 0 Å². The number of para-hydroxylation sites is 1. The van der Waals surface area contributed by atoms with Gasteiger partial charge in [-0.15, -0.1) is 0 Å². The van der Waals surface area contributed by atoms with E-state index in [-0.39, 0.29) is 17.4 Å². The van der Waals surface area contributed by atoms with Crippen molar-refractivity contribution < 1.29 is 27.4 Å². The van der Waals surface area contributed by atoms with Crippen molar-refractivity contribution in [3.05, 3.63) is 90.4 Å². The summed E-state index contributed by atoms with van der Waals surface area (Å²) < 4.78 is 49.3. The Morgan fingerprint density at radius 2 is 1.64 bits per heavy atom. The third-order valence-electron chi connectivity index (χ3n) is 6.51. The highest BCUT2D eigenvalue weighted by molar-refractivity contribution is 7.89. The van der Waals surface area contributed by atoms with E-state index >= 15 is 0 Å². The van der Waals surface area contributed by atoms with Gasteiger partial charge in [0, 0.05) is 30.2 Å². The van der Waals surface area contributed by atoms with Crippen LogP contribution in [0.3, 0.4) is 0 Å². The van der Waals surface area contributed by atoms with E-state index in [0.717, 1.165) is 5.56 Å². The number of aliphatic carboxylic acids is 1. The number of aromatic nitrogens is 1. The average molecular weight is 509 g/mol. The Hall–Kier alpha value is -3.69. The van der Waals surface area contributed by atoms with E-state index in [0.29, 0.717) is 48.3 Å². The van der Waals surface area contributed by atoms with E-state index < -0.39 is 21.8 Å². The lowest BCUT2D eigenvalue weighted by atomic mass is 9.90. The van der Waals surface area contributed by atoms with Gasteiger partial charge in [-0.2, -0.15) is 4.31 Å². The van der Waals surface area contributed by atoms with E-state index in [2.05, 4.69) is 0 Å². The first kappa shape index (κ1) is 24.0. The van der Waals surface area contributed by atoms with Crippen LogP contribution in [0.4, 0.5) is 4.39 Å². The highest BCUT2D eigenvalue weighted by Crippen LogP contribution is 2.36. The van der Waals surface area contributed by atoms with Crippen LogP contribution in [0.5, 0.6) is 11.5 Å². The summed E-state index contributed by atoms with van der Waals surface area (Å²) >= 11 is 0. The largest absolute Gasteiger partial charge is 0.480 e. The molecule has 1 saturated heterocycles. The van der Waals surface area contributed by atoms with Crippen LogP contribution in [0.25, 0.3) is 10.9 Å². The van der Waals surface area contributed by atoms with Gasteiger partial charge in [0.15, 0.2) is 0 Å². The van der Waals surface area contributed by atoms with Gasteiger partial charge >= 0.3 is 5.97 Å². The van der Waals surface area contributed by atoms with E-state index in [9.17, 15) is 22.7 Å². The first-order valence-electron chi connectivity index (χ1n) is 11.6. The summed E-state index contributed by atoms with van der Waals surface area (Å²) in [4.78, 5) is 11.5. The molecule has 4 aromatic rings. The number of rotatable bonds is 7. The van der Waals surface area contributed by atoms with E-state index in [1.807, 2.05) is 30.3 Å². The number of halogens is 1. The van der Waals surface area contributed by atoms with Crippen molar-refractivity contribution in [3.8, 4) is 11.5 Å². The Bertz CT molecular complexity index is 1490. The highest BCUT2D eigenvalue weighted by Gasteiger charge is 2.31. The smallest absolute Gasteiger partial charge is 0.323 e. The van der Waals surface area contributed by atoms with Crippen molar-refractivity contribution in [1.82, 2.24) is 8.87 Å². The lowest BCUT2D eigenvalue weighted by molar-refractivity contribution is -0.137.